The molecule has 3 nitrogen and oxygen atoms in total. The number of nitriles is 2. The van der Waals surface area contributed by atoms with Crippen molar-refractivity contribution in [3.8, 4) is 12.1 Å². The molecule has 0 rings (SSSR count). The second kappa shape index (κ2) is 5.27. The maximum Gasteiger partial charge on any atom is 0.180 e. The molecule has 0 atom stereocenters. The van der Waals surface area contributed by atoms with Crippen LogP contribution in [-0.4, -0.2) is 5.78 Å². The summed E-state index contributed by atoms with van der Waals surface area (Å²) in [6.45, 7) is 0. The number of rotatable bonds is 2. The maximum absolute atomic E-state index is 10.5. The van der Waals surface area contributed by atoms with Gasteiger partial charge in [-0.3, -0.25) is 4.79 Å². The van der Waals surface area contributed by atoms with Crippen molar-refractivity contribution in [2.75, 3.05) is 0 Å². The van der Waals surface area contributed by atoms with Crippen LogP contribution in [0.5, 0.6) is 0 Å². The standard InChI is InChI=1S/C7H4N2O/c8-5-1-3-7(10)4-2-6-9/h1-4H. The summed E-state index contributed by atoms with van der Waals surface area (Å²) in [6.07, 6.45) is 4.30. The van der Waals surface area contributed by atoms with Gasteiger partial charge in [-0.2, -0.15) is 10.5 Å². The Morgan fingerprint density at radius 1 is 1.10 bits per heavy atom. The van der Waals surface area contributed by atoms with Gasteiger partial charge in [0, 0.05) is 12.2 Å². The fourth-order valence-electron chi connectivity index (χ4n) is 0.294. The smallest absolute Gasteiger partial charge is 0.180 e. The topological polar surface area (TPSA) is 64.7 Å². The molecule has 0 aliphatic heterocycles. The fourth-order valence-corrected chi connectivity index (χ4v) is 0.294. The summed E-state index contributed by atoms with van der Waals surface area (Å²) in [4.78, 5) is 10.5. The molecule has 0 bridgehead atoms. The van der Waals surface area contributed by atoms with E-state index in [1.807, 2.05) is 0 Å². The summed E-state index contributed by atoms with van der Waals surface area (Å²) in [7, 11) is 0. The highest BCUT2D eigenvalue weighted by molar-refractivity contribution is 5.99. The average Bonchev–Trinajstić information content (AvgIpc) is 1.97. The van der Waals surface area contributed by atoms with Gasteiger partial charge in [0.05, 0.1) is 12.1 Å². The Kier molecular flexibility index (Phi) is 4.28. The molecule has 0 unspecified atom stereocenters. The number of hydrogen-bond acceptors (Lipinski definition) is 3. The van der Waals surface area contributed by atoms with Crippen LogP contribution in [0.4, 0.5) is 0 Å². The lowest BCUT2D eigenvalue weighted by Gasteiger charge is -1.73. The number of nitrogens with zero attached hydrogens (tertiary/aromatic N) is 2. The lowest BCUT2D eigenvalue weighted by molar-refractivity contribution is -0.110. The zero-order chi connectivity index (χ0) is 7.82. The Bertz CT molecular complexity index is 224. The second-order valence-corrected chi connectivity index (χ2v) is 1.33. The number of carbonyl (C=O) groups excluding carboxylic acids is 1. The van der Waals surface area contributed by atoms with E-state index >= 15 is 0 Å². The highest BCUT2D eigenvalue weighted by Crippen LogP contribution is 1.78. The van der Waals surface area contributed by atoms with E-state index in [1.165, 1.54) is 0 Å². The predicted molar refractivity (Wildman–Crippen MR) is 34.5 cm³/mol. The minimum atomic E-state index is -0.358. The van der Waals surface area contributed by atoms with Gasteiger partial charge in [-0.1, -0.05) is 0 Å². The molecule has 0 aromatic carbocycles. The normalized spacial score (nSPS) is 9.40. The highest BCUT2D eigenvalue weighted by Gasteiger charge is 1.84. The molecule has 0 fully saturated rings. The molecular weight excluding hydrogens is 128 g/mol. The van der Waals surface area contributed by atoms with Crippen molar-refractivity contribution in [1.29, 1.82) is 10.5 Å². The quantitative estimate of drug-likeness (QED) is 0.410. The molecule has 48 valence electrons. The fraction of sp³-hybridized carbons (Fsp3) is 0. The summed E-state index contributed by atoms with van der Waals surface area (Å²) in [5, 5.41) is 15.9. The molecule has 3 heteroatoms. The van der Waals surface area contributed by atoms with Gasteiger partial charge in [-0.15, -0.1) is 0 Å². The first-order valence-electron chi connectivity index (χ1n) is 2.47. The largest absolute Gasteiger partial charge is 0.290 e. The van der Waals surface area contributed by atoms with Crippen molar-refractivity contribution in [3.63, 3.8) is 0 Å². The number of allylic oxidation sites excluding steroid dienone is 4. The van der Waals surface area contributed by atoms with Crippen LogP contribution < -0.4 is 0 Å². The number of hydrogen-bond donors (Lipinski definition) is 0. The van der Waals surface area contributed by atoms with Gasteiger partial charge in [-0.05, 0) is 12.2 Å². The van der Waals surface area contributed by atoms with Crippen LogP contribution in [-0.2, 0) is 4.79 Å². The lowest BCUT2D eigenvalue weighted by atomic mass is 10.3. The SMILES string of the molecule is N#CC=CC(=O)C=CC#N. The molecule has 10 heavy (non-hydrogen) atoms. The van der Waals surface area contributed by atoms with Crippen molar-refractivity contribution in [1.82, 2.24) is 0 Å². The molecule has 0 aliphatic carbocycles. The molecule has 0 spiro atoms. The third kappa shape index (κ3) is 4.29. The molecule has 0 saturated heterocycles. The van der Waals surface area contributed by atoms with Crippen molar-refractivity contribution >= 4 is 5.78 Å². The van der Waals surface area contributed by atoms with Gasteiger partial charge in [0.2, 0.25) is 0 Å². The molecule has 0 aliphatic rings. The van der Waals surface area contributed by atoms with Crippen LogP contribution in [0.1, 0.15) is 0 Å². The molecular formula is C7H4N2O. The molecule has 0 aromatic rings. The molecule has 0 amide bonds. The molecule has 0 radical (unpaired) electrons. The first kappa shape index (κ1) is 8.13. The summed E-state index contributed by atoms with van der Waals surface area (Å²) >= 11 is 0. The van der Waals surface area contributed by atoms with E-state index in [0.29, 0.717) is 0 Å². The molecule has 0 heterocycles. The van der Waals surface area contributed by atoms with Gasteiger partial charge < -0.3 is 0 Å². The van der Waals surface area contributed by atoms with E-state index in [9.17, 15) is 4.79 Å². The minimum Gasteiger partial charge on any atom is -0.290 e. The van der Waals surface area contributed by atoms with E-state index in [2.05, 4.69) is 0 Å². The first-order valence-corrected chi connectivity index (χ1v) is 2.47. The van der Waals surface area contributed by atoms with E-state index in [4.69, 9.17) is 10.5 Å². The zero-order valence-corrected chi connectivity index (χ0v) is 5.11. The summed E-state index contributed by atoms with van der Waals surface area (Å²) in [6, 6.07) is 3.31. The molecule has 0 saturated carbocycles. The van der Waals surface area contributed by atoms with E-state index in [0.717, 1.165) is 24.3 Å². The van der Waals surface area contributed by atoms with Crippen molar-refractivity contribution in [2.24, 2.45) is 0 Å². The summed E-state index contributed by atoms with van der Waals surface area (Å²) in [5.74, 6) is -0.358. The average molecular weight is 132 g/mol. The van der Waals surface area contributed by atoms with Crippen LogP contribution >= 0.6 is 0 Å². The Labute approximate surface area is 58.5 Å². The third-order valence-electron chi connectivity index (χ3n) is 0.644. The maximum atomic E-state index is 10.5. The molecule has 0 aromatic heterocycles. The van der Waals surface area contributed by atoms with Crippen LogP contribution in [0, 0.1) is 22.7 Å². The zero-order valence-electron chi connectivity index (χ0n) is 5.11. The Hall–Kier alpha value is -1.87. The van der Waals surface area contributed by atoms with E-state index < -0.39 is 0 Å². The monoisotopic (exact) mass is 132 g/mol. The van der Waals surface area contributed by atoms with Crippen LogP contribution in [0.3, 0.4) is 0 Å². The second-order valence-electron chi connectivity index (χ2n) is 1.33. The van der Waals surface area contributed by atoms with Gasteiger partial charge in [0.1, 0.15) is 0 Å². The van der Waals surface area contributed by atoms with Gasteiger partial charge in [-0.25, -0.2) is 0 Å². The highest BCUT2D eigenvalue weighted by atomic mass is 16.1. The van der Waals surface area contributed by atoms with E-state index in [1.54, 1.807) is 12.1 Å². The van der Waals surface area contributed by atoms with Crippen LogP contribution in [0.2, 0.25) is 0 Å². The first-order chi connectivity index (χ1) is 4.81. The van der Waals surface area contributed by atoms with Crippen LogP contribution in [0.15, 0.2) is 24.3 Å². The lowest BCUT2D eigenvalue weighted by Crippen LogP contribution is -1.82. The van der Waals surface area contributed by atoms with Gasteiger partial charge >= 0.3 is 0 Å². The molecule has 0 N–H and O–H groups in total. The number of carbonyl (C=O) groups is 1. The Morgan fingerprint density at radius 2 is 1.50 bits per heavy atom. The van der Waals surface area contributed by atoms with Crippen LogP contribution in [0.25, 0.3) is 0 Å². The Balaban J connectivity index is 3.93. The van der Waals surface area contributed by atoms with Crippen molar-refractivity contribution in [3.05, 3.63) is 24.3 Å². The third-order valence-corrected chi connectivity index (χ3v) is 0.644. The summed E-state index contributed by atoms with van der Waals surface area (Å²) < 4.78 is 0. The van der Waals surface area contributed by atoms with E-state index in [-0.39, 0.29) is 5.78 Å². The Morgan fingerprint density at radius 3 is 1.80 bits per heavy atom. The van der Waals surface area contributed by atoms with Crippen molar-refractivity contribution < 1.29 is 4.79 Å². The minimum absolute atomic E-state index is 0.358. The predicted octanol–water partition coefficient (Wildman–Crippen LogP) is 0.715. The number of ketones is 1. The van der Waals surface area contributed by atoms with Crippen molar-refractivity contribution in [2.45, 2.75) is 0 Å². The van der Waals surface area contributed by atoms with Gasteiger partial charge in [0.15, 0.2) is 5.78 Å². The van der Waals surface area contributed by atoms with Gasteiger partial charge in [0.25, 0.3) is 0 Å². The summed E-state index contributed by atoms with van der Waals surface area (Å²) in [5.41, 5.74) is 0.